The van der Waals surface area contributed by atoms with Crippen LogP contribution in [0.3, 0.4) is 0 Å². The monoisotopic (exact) mass is 106 g/mol. The molecule has 3 aliphatic rings. The molecule has 0 N–H and O–H groups in total. The third kappa shape index (κ3) is 0.229. The summed E-state index contributed by atoms with van der Waals surface area (Å²) in [4.78, 5) is 0. The van der Waals surface area contributed by atoms with E-state index in [9.17, 15) is 0 Å². The lowest BCUT2D eigenvalue weighted by molar-refractivity contribution is 0.661. The highest BCUT2D eigenvalue weighted by atomic mass is 14.7. The Morgan fingerprint density at radius 1 is 1.38 bits per heavy atom. The molecule has 0 saturated heterocycles. The Morgan fingerprint density at radius 3 is 3.12 bits per heavy atom. The third-order valence-corrected chi connectivity index (χ3v) is 3.25. The maximum Gasteiger partial charge on any atom is -0.0168 e. The zero-order valence-electron chi connectivity index (χ0n) is 4.93. The summed E-state index contributed by atoms with van der Waals surface area (Å²) < 4.78 is 0. The van der Waals surface area contributed by atoms with Crippen LogP contribution in [0.2, 0.25) is 0 Å². The molecule has 42 valence electrons. The average Bonchev–Trinajstić information content (AvgIpc) is 2.45. The van der Waals surface area contributed by atoms with E-state index in [4.69, 9.17) is 0 Å². The maximum absolute atomic E-state index is 2.43. The molecule has 0 aromatic carbocycles. The van der Waals surface area contributed by atoms with Crippen molar-refractivity contribution in [3.8, 4) is 0 Å². The molecule has 8 heavy (non-hydrogen) atoms. The summed E-state index contributed by atoms with van der Waals surface area (Å²) in [6, 6.07) is 0. The first kappa shape index (κ1) is 3.71. The SMILES string of the molecule is C1=CC2CC23CC3C1. The van der Waals surface area contributed by atoms with Crippen molar-refractivity contribution in [2.75, 3.05) is 0 Å². The molecule has 0 aliphatic heterocycles. The topological polar surface area (TPSA) is 0 Å². The van der Waals surface area contributed by atoms with Gasteiger partial charge in [0, 0.05) is 0 Å². The molecule has 0 radical (unpaired) electrons. The molecule has 3 aliphatic carbocycles. The second-order valence-electron chi connectivity index (χ2n) is 3.61. The van der Waals surface area contributed by atoms with Crippen LogP contribution in [0.4, 0.5) is 0 Å². The van der Waals surface area contributed by atoms with Crippen molar-refractivity contribution in [1.82, 2.24) is 0 Å². The highest BCUT2D eigenvalue weighted by molar-refractivity contribution is 5.28. The quantitative estimate of drug-likeness (QED) is 0.414. The van der Waals surface area contributed by atoms with Gasteiger partial charge in [-0.25, -0.2) is 0 Å². The molecular weight excluding hydrogens is 96.1 g/mol. The molecule has 3 atom stereocenters. The van der Waals surface area contributed by atoms with Gasteiger partial charge < -0.3 is 0 Å². The second kappa shape index (κ2) is 0.792. The van der Waals surface area contributed by atoms with Crippen molar-refractivity contribution < 1.29 is 0 Å². The Hall–Kier alpha value is -0.260. The van der Waals surface area contributed by atoms with Crippen molar-refractivity contribution in [2.24, 2.45) is 17.3 Å². The van der Waals surface area contributed by atoms with Crippen molar-refractivity contribution in [1.29, 1.82) is 0 Å². The number of hydrogen-bond acceptors (Lipinski definition) is 0. The largest absolute Gasteiger partial charge is 0.0879 e. The zero-order valence-corrected chi connectivity index (χ0v) is 4.93. The maximum atomic E-state index is 2.43. The van der Waals surface area contributed by atoms with E-state index in [2.05, 4.69) is 12.2 Å². The van der Waals surface area contributed by atoms with E-state index in [0.717, 1.165) is 17.3 Å². The van der Waals surface area contributed by atoms with Crippen molar-refractivity contribution in [3.63, 3.8) is 0 Å². The fourth-order valence-corrected chi connectivity index (χ4v) is 2.44. The van der Waals surface area contributed by atoms with Gasteiger partial charge in [-0.2, -0.15) is 0 Å². The zero-order chi connectivity index (χ0) is 5.19. The van der Waals surface area contributed by atoms with Gasteiger partial charge in [-0.15, -0.1) is 0 Å². The lowest BCUT2D eigenvalue weighted by atomic mass is 10.1. The molecule has 0 amide bonds. The van der Waals surface area contributed by atoms with Crippen LogP contribution >= 0.6 is 0 Å². The lowest BCUT2D eigenvalue weighted by Gasteiger charge is -1.96. The molecule has 0 bridgehead atoms. The predicted octanol–water partition coefficient (Wildman–Crippen LogP) is 1.97. The molecule has 1 spiro atoms. The van der Waals surface area contributed by atoms with Gasteiger partial charge in [-0.1, -0.05) is 12.2 Å². The van der Waals surface area contributed by atoms with Gasteiger partial charge in [0.05, 0.1) is 0 Å². The molecular formula is C8H10. The third-order valence-electron chi connectivity index (χ3n) is 3.25. The Labute approximate surface area is 49.6 Å². The van der Waals surface area contributed by atoms with Crippen LogP contribution in [-0.2, 0) is 0 Å². The van der Waals surface area contributed by atoms with Gasteiger partial charge in [0.15, 0.2) is 0 Å². The first-order valence-electron chi connectivity index (χ1n) is 3.58. The van der Waals surface area contributed by atoms with Crippen LogP contribution in [0.15, 0.2) is 12.2 Å². The van der Waals surface area contributed by atoms with E-state index in [-0.39, 0.29) is 0 Å². The average molecular weight is 106 g/mol. The molecule has 0 aromatic rings. The summed E-state index contributed by atoms with van der Waals surface area (Å²) in [5, 5.41) is 0. The second-order valence-corrected chi connectivity index (χ2v) is 3.61. The normalized spacial score (nSPS) is 64.0. The highest BCUT2D eigenvalue weighted by Crippen LogP contribution is 2.77. The van der Waals surface area contributed by atoms with E-state index >= 15 is 0 Å². The summed E-state index contributed by atoms with van der Waals surface area (Å²) >= 11 is 0. The summed E-state index contributed by atoms with van der Waals surface area (Å²) in [6.45, 7) is 0. The molecule has 3 unspecified atom stereocenters. The Balaban J connectivity index is 2.08. The Morgan fingerprint density at radius 2 is 2.38 bits per heavy atom. The van der Waals surface area contributed by atoms with Crippen molar-refractivity contribution >= 4 is 0 Å². The number of allylic oxidation sites excluding steroid dienone is 2. The summed E-state index contributed by atoms with van der Waals surface area (Å²) in [5.41, 5.74) is 0.925. The van der Waals surface area contributed by atoms with Crippen LogP contribution in [0, 0.1) is 17.3 Å². The number of hydrogen-bond donors (Lipinski definition) is 0. The summed E-state index contributed by atoms with van der Waals surface area (Å²) in [5.74, 6) is 2.18. The molecule has 3 rings (SSSR count). The first-order chi connectivity index (χ1) is 3.92. The minimum atomic E-state index is 0.925. The van der Waals surface area contributed by atoms with Gasteiger partial charge in [0.2, 0.25) is 0 Å². The van der Waals surface area contributed by atoms with E-state index in [0.29, 0.717) is 0 Å². The van der Waals surface area contributed by atoms with Crippen LogP contribution < -0.4 is 0 Å². The molecule has 2 saturated carbocycles. The van der Waals surface area contributed by atoms with E-state index in [1.165, 1.54) is 12.8 Å². The minimum absolute atomic E-state index is 0.925. The fourth-order valence-electron chi connectivity index (χ4n) is 2.44. The molecule has 0 heterocycles. The predicted molar refractivity (Wildman–Crippen MR) is 32.4 cm³/mol. The van der Waals surface area contributed by atoms with Gasteiger partial charge in [0.1, 0.15) is 0 Å². The molecule has 2 fully saturated rings. The van der Waals surface area contributed by atoms with E-state index < -0.39 is 0 Å². The van der Waals surface area contributed by atoms with E-state index in [1.807, 2.05) is 0 Å². The first-order valence-corrected chi connectivity index (χ1v) is 3.58. The van der Waals surface area contributed by atoms with Crippen molar-refractivity contribution in [2.45, 2.75) is 19.3 Å². The Kier molecular flexibility index (Phi) is 0.367. The van der Waals surface area contributed by atoms with E-state index in [1.54, 1.807) is 6.42 Å². The minimum Gasteiger partial charge on any atom is -0.0879 e. The highest BCUT2D eigenvalue weighted by Gasteiger charge is 2.69. The van der Waals surface area contributed by atoms with Gasteiger partial charge >= 0.3 is 0 Å². The van der Waals surface area contributed by atoms with Crippen LogP contribution in [-0.4, -0.2) is 0 Å². The molecule has 0 aromatic heterocycles. The van der Waals surface area contributed by atoms with Crippen LogP contribution in [0.1, 0.15) is 19.3 Å². The fraction of sp³-hybridized carbons (Fsp3) is 0.750. The lowest BCUT2D eigenvalue weighted by Crippen LogP contribution is -1.86. The van der Waals surface area contributed by atoms with Gasteiger partial charge in [0.25, 0.3) is 0 Å². The Bertz CT molecular complexity index is 169. The van der Waals surface area contributed by atoms with Crippen LogP contribution in [0.5, 0.6) is 0 Å². The van der Waals surface area contributed by atoms with Crippen LogP contribution in [0.25, 0.3) is 0 Å². The molecule has 0 heteroatoms. The summed E-state index contributed by atoms with van der Waals surface area (Å²) in [7, 11) is 0. The number of rotatable bonds is 0. The molecule has 0 nitrogen and oxygen atoms in total. The standard InChI is InChI=1S/C8H10/c1-2-6-4-8(6)5-7(8)3-1/h1-2,6-7H,3-5H2. The van der Waals surface area contributed by atoms with Crippen molar-refractivity contribution in [3.05, 3.63) is 12.2 Å². The smallest absolute Gasteiger partial charge is 0.0168 e. The van der Waals surface area contributed by atoms with Gasteiger partial charge in [-0.05, 0) is 36.5 Å². The summed E-state index contributed by atoms with van der Waals surface area (Å²) in [6.07, 6.45) is 9.31. The van der Waals surface area contributed by atoms with Gasteiger partial charge in [-0.3, -0.25) is 0 Å².